The van der Waals surface area contributed by atoms with Gasteiger partial charge in [0.1, 0.15) is 5.69 Å². The third kappa shape index (κ3) is 3.88. The van der Waals surface area contributed by atoms with E-state index in [1.165, 1.54) is 12.3 Å². The Morgan fingerprint density at radius 3 is 2.52 bits per heavy atom. The van der Waals surface area contributed by atoms with E-state index in [1.54, 1.807) is 18.2 Å². The van der Waals surface area contributed by atoms with Gasteiger partial charge >= 0.3 is 0 Å². The number of nitrogens with zero attached hydrogens (tertiary/aromatic N) is 3. The highest BCUT2D eigenvalue weighted by atomic mass is 35.5. The van der Waals surface area contributed by atoms with E-state index in [2.05, 4.69) is 16.2 Å². The van der Waals surface area contributed by atoms with Gasteiger partial charge in [-0.2, -0.15) is 5.26 Å². The van der Waals surface area contributed by atoms with Crippen LogP contribution in [-0.2, 0) is 6.42 Å². The minimum Gasteiger partial charge on any atom is -0.256 e. The molecule has 21 heavy (non-hydrogen) atoms. The van der Waals surface area contributed by atoms with Gasteiger partial charge in [-0.15, -0.1) is 4.91 Å². The molecule has 0 atom stereocenters. The lowest BCUT2D eigenvalue weighted by Crippen LogP contribution is -1.84. The van der Waals surface area contributed by atoms with Gasteiger partial charge in [-0.05, 0) is 35.0 Å². The molecule has 2 aromatic rings. The average Bonchev–Trinajstić information content (AvgIpc) is 2.46. The molecule has 0 aliphatic carbocycles. The molecule has 0 radical (unpaired) electrons. The first-order valence-corrected chi connectivity index (χ1v) is 6.72. The lowest BCUT2D eigenvalue weighted by molar-refractivity contribution is 1.26. The van der Waals surface area contributed by atoms with Gasteiger partial charge in [0.2, 0.25) is 0 Å². The first-order valence-electron chi connectivity index (χ1n) is 5.96. The van der Waals surface area contributed by atoms with Gasteiger partial charge < -0.3 is 0 Å². The maximum atomic E-state index is 10.8. The summed E-state index contributed by atoms with van der Waals surface area (Å²) in [5.74, 6) is 0. The highest BCUT2D eigenvalue weighted by Crippen LogP contribution is 2.31. The van der Waals surface area contributed by atoms with E-state index < -0.39 is 0 Å². The molecule has 0 heterocycles. The number of hydrogen-bond acceptors (Lipinski definition) is 4. The smallest absolute Gasteiger partial charge is 0.135 e. The number of aliphatic imine (C=N–C) groups is 1. The van der Waals surface area contributed by atoms with Crippen LogP contribution < -0.4 is 0 Å². The van der Waals surface area contributed by atoms with Gasteiger partial charge in [0.15, 0.2) is 0 Å². The van der Waals surface area contributed by atoms with E-state index in [4.69, 9.17) is 28.5 Å². The van der Waals surface area contributed by atoms with Crippen LogP contribution in [0.4, 0.5) is 11.4 Å². The molecule has 0 unspecified atom stereocenters. The Balaban J connectivity index is 2.29. The van der Waals surface area contributed by atoms with E-state index in [-0.39, 0.29) is 10.7 Å². The normalized spacial score (nSPS) is 10.5. The summed E-state index contributed by atoms with van der Waals surface area (Å²) < 4.78 is 0. The molecule has 0 aliphatic heterocycles. The minimum absolute atomic E-state index is 0.103. The molecule has 0 aromatic heterocycles. The largest absolute Gasteiger partial charge is 0.256 e. The summed E-state index contributed by atoms with van der Waals surface area (Å²) >= 11 is 11.8. The zero-order valence-corrected chi connectivity index (χ0v) is 12.3. The third-order valence-electron chi connectivity index (χ3n) is 2.72. The Hall–Kier alpha value is -2.22. The van der Waals surface area contributed by atoms with E-state index in [0.717, 1.165) is 5.56 Å². The van der Waals surface area contributed by atoms with E-state index in [0.29, 0.717) is 22.7 Å². The van der Waals surface area contributed by atoms with Crippen molar-refractivity contribution < 1.29 is 0 Å². The van der Waals surface area contributed by atoms with Crippen LogP contribution in [0.15, 0.2) is 46.6 Å². The standard InChI is InChI=1S/C15H9Cl2N3O/c16-12-7-11(15(20-21)14(17)8-12)9-19-13-3-1-10(2-4-13)5-6-18/h1-4,7-9H,5H2. The quantitative estimate of drug-likeness (QED) is 0.574. The number of nitroso groups, excluding NO2 is 1. The van der Waals surface area contributed by atoms with Crippen LogP contribution in [0.5, 0.6) is 0 Å². The van der Waals surface area contributed by atoms with Crippen LogP contribution in [-0.4, -0.2) is 6.21 Å². The van der Waals surface area contributed by atoms with Crippen molar-refractivity contribution in [2.24, 2.45) is 10.2 Å². The van der Waals surface area contributed by atoms with Crippen molar-refractivity contribution >= 4 is 40.8 Å². The van der Waals surface area contributed by atoms with E-state index in [9.17, 15) is 4.91 Å². The topological polar surface area (TPSA) is 65.6 Å². The van der Waals surface area contributed by atoms with Gasteiger partial charge in [-0.3, -0.25) is 4.99 Å². The number of benzene rings is 2. The summed E-state index contributed by atoms with van der Waals surface area (Å²) in [7, 11) is 0. The molecule has 6 heteroatoms. The molecule has 4 nitrogen and oxygen atoms in total. The second kappa shape index (κ2) is 6.98. The van der Waals surface area contributed by atoms with Crippen molar-refractivity contribution in [2.45, 2.75) is 6.42 Å². The van der Waals surface area contributed by atoms with Crippen molar-refractivity contribution in [3.63, 3.8) is 0 Å². The van der Waals surface area contributed by atoms with Gasteiger partial charge in [0, 0.05) is 16.8 Å². The Kier molecular flexibility index (Phi) is 5.04. The number of rotatable bonds is 4. The van der Waals surface area contributed by atoms with Crippen molar-refractivity contribution in [3.05, 3.63) is 62.5 Å². The predicted octanol–water partition coefficient (Wildman–Crippen LogP) is 5.21. The van der Waals surface area contributed by atoms with Crippen molar-refractivity contribution in [3.8, 4) is 6.07 Å². The van der Waals surface area contributed by atoms with Gasteiger partial charge in [-0.25, -0.2) is 0 Å². The van der Waals surface area contributed by atoms with Crippen LogP contribution in [0.3, 0.4) is 0 Å². The highest BCUT2D eigenvalue weighted by Gasteiger charge is 2.08. The average molecular weight is 318 g/mol. The molecule has 0 bridgehead atoms. The summed E-state index contributed by atoms with van der Waals surface area (Å²) in [5, 5.41) is 12.1. The molecule has 2 aromatic carbocycles. The lowest BCUT2D eigenvalue weighted by atomic mass is 10.1. The number of nitriles is 1. The van der Waals surface area contributed by atoms with Crippen molar-refractivity contribution in [2.75, 3.05) is 0 Å². The number of halogens is 2. The molecule has 0 saturated heterocycles. The maximum absolute atomic E-state index is 10.8. The molecule has 0 spiro atoms. The molecule has 0 saturated carbocycles. The molecule has 0 fully saturated rings. The monoisotopic (exact) mass is 317 g/mol. The minimum atomic E-state index is 0.103. The second-order valence-electron chi connectivity index (χ2n) is 4.18. The first-order chi connectivity index (χ1) is 10.1. The summed E-state index contributed by atoms with van der Waals surface area (Å²) in [4.78, 5) is 15.1. The van der Waals surface area contributed by atoms with Crippen LogP contribution in [0, 0.1) is 16.2 Å². The fourth-order valence-corrected chi connectivity index (χ4v) is 2.26. The van der Waals surface area contributed by atoms with Crippen LogP contribution in [0.1, 0.15) is 11.1 Å². The first kappa shape index (κ1) is 15.2. The summed E-state index contributed by atoms with van der Waals surface area (Å²) in [6.07, 6.45) is 1.83. The van der Waals surface area contributed by atoms with Gasteiger partial charge in [0.25, 0.3) is 0 Å². The molecule has 104 valence electrons. The lowest BCUT2D eigenvalue weighted by Gasteiger charge is -2.01. The van der Waals surface area contributed by atoms with Gasteiger partial charge in [-0.1, -0.05) is 35.3 Å². The maximum Gasteiger partial charge on any atom is 0.135 e. The van der Waals surface area contributed by atoms with Crippen LogP contribution in [0.25, 0.3) is 0 Å². The van der Waals surface area contributed by atoms with Crippen LogP contribution >= 0.6 is 23.2 Å². The molecule has 0 aliphatic rings. The fraction of sp³-hybridized carbons (Fsp3) is 0.0667. The molecule has 2 rings (SSSR count). The van der Waals surface area contributed by atoms with E-state index >= 15 is 0 Å². The number of hydrogen-bond donors (Lipinski definition) is 0. The van der Waals surface area contributed by atoms with Gasteiger partial charge in [0.05, 0.1) is 23.2 Å². The SMILES string of the molecule is N#CCc1ccc(N=Cc2cc(Cl)cc(Cl)c2N=O)cc1. The molecule has 0 N–H and O–H groups in total. The molecular weight excluding hydrogens is 309 g/mol. The zero-order valence-electron chi connectivity index (χ0n) is 10.8. The van der Waals surface area contributed by atoms with Crippen LogP contribution in [0.2, 0.25) is 10.0 Å². The Labute approximate surface area is 131 Å². The fourth-order valence-electron chi connectivity index (χ4n) is 1.72. The predicted molar refractivity (Wildman–Crippen MR) is 84.9 cm³/mol. The summed E-state index contributed by atoms with van der Waals surface area (Å²) in [5.41, 5.74) is 2.15. The molecule has 0 amide bonds. The Morgan fingerprint density at radius 2 is 1.90 bits per heavy atom. The Bertz CT molecular complexity index is 734. The van der Waals surface area contributed by atoms with E-state index in [1.807, 2.05) is 12.1 Å². The second-order valence-corrected chi connectivity index (χ2v) is 5.02. The Morgan fingerprint density at radius 1 is 1.19 bits per heavy atom. The summed E-state index contributed by atoms with van der Waals surface area (Å²) in [6.45, 7) is 0. The van der Waals surface area contributed by atoms with Crippen molar-refractivity contribution in [1.29, 1.82) is 5.26 Å². The zero-order chi connectivity index (χ0) is 15.2. The van der Waals surface area contributed by atoms with Crippen molar-refractivity contribution in [1.82, 2.24) is 0 Å². The highest BCUT2D eigenvalue weighted by molar-refractivity contribution is 6.37. The molecular formula is C15H9Cl2N3O. The third-order valence-corrected chi connectivity index (χ3v) is 3.23. The summed E-state index contributed by atoms with van der Waals surface area (Å²) in [6, 6.07) is 12.3.